The molecule has 2 heterocycles. The molecule has 0 saturated carbocycles. The minimum atomic E-state index is 0.393. The highest BCUT2D eigenvalue weighted by molar-refractivity contribution is 6.30. The summed E-state index contributed by atoms with van der Waals surface area (Å²) in [7, 11) is 0. The molecule has 0 amide bonds. The summed E-state index contributed by atoms with van der Waals surface area (Å²) in [6.45, 7) is 0. The van der Waals surface area contributed by atoms with Crippen molar-refractivity contribution in [2.45, 2.75) is 12.5 Å². The van der Waals surface area contributed by atoms with Gasteiger partial charge in [-0.2, -0.15) is 0 Å². The molecule has 15 heavy (non-hydrogen) atoms. The third-order valence-corrected chi connectivity index (χ3v) is 3.09. The average molecular weight is 219 g/mol. The van der Waals surface area contributed by atoms with Gasteiger partial charge in [0, 0.05) is 34.9 Å². The second kappa shape index (κ2) is 3.31. The molecule has 1 atom stereocenters. The van der Waals surface area contributed by atoms with Crippen LogP contribution < -0.4 is 5.32 Å². The number of hydrogen-bond acceptors (Lipinski definition) is 2. The van der Waals surface area contributed by atoms with E-state index in [0.29, 0.717) is 6.04 Å². The summed E-state index contributed by atoms with van der Waals surface area (Å²) in [6, 6.07) is 6.38. The standard InChI is InChI=1S/C12H11ClN2/c13-9-3-4-11-10(8-9)12-2-1-6-15(12)7-5-14-11/h1,3-8,12,14H,2H2. The zero-order valence-electron chi connectivity index (χ0n) is 8.15. The van der Waals surface area contributed by atoms with Crippen LogP contribution in [-0.2, 0) is 0 Å². The van der Waals surface area contributed by atoms with E-state index in [0.717, 1.165) is 17.1 Å². The second-order valence-electron chi connectivity index (χ2n) is 3.78. The minimum absolute atomic E-state index is 0.393. The van der Waals surface area contributed by atoms with Gasteiger partial charge >= 0.3 is 0 Å². The Morgan fingerprint density at radius 1 is 1.33 bits per heavy atom. The summed E-state index contributed by atoms with van der Waals surface area (Å²) in [4.78, 5) is 2.20. The Bertz CT molecular complexity index is 451. The molecule has 0 saturated heterocycles. The molecule has 3 rings (SSSR count). The van der Waals surface area contributed by atoms with E-state index in [4.69, 9.17) is 11.6 Å². The van der Waals surface area contributed by atoms with Gasteiger partial charge in [0.25, 0.3) is 0 Å². The average Bonchev–Trinajstić information content (AvgIpc) is 2.62. The maximum atomic E-state index is 6.03. The molecule has 0 aliphatic carbocycles. The Kier molecular flexibility index (Phi) is 1.96. The SMILES string of the molecule is Clc1ccc2c(c1)C1CC=CN1C=CN2. The van der Waals surface area contributed by atoms with E-state index < -0.39 is 0 Å². The first-order chi connectivity index (χ1) is 7.34. The molecule has 0 aromatic heterocycles. The van der Waals surface area contributed by atoms with E-state index in [1.165, 1.54) is 5.56 Å². The molecule has 1 unspecified atom stereocenters. The normalized spacial score (nSPS) is 21.9. The summed E-state index contributed by atoms with van der Waals surface area (Å²) in [5.41, 5.74) is 2.41. The largest absolute Gasteiger partial charge is 0.360 e. The molecular formula is C12H11ClN2. The fraction of sp³-hybridized carbons (Fsp3) is 0.167. The highest BCUT2D eigenvalue weighted by atomic mass is 35.5. The zero-order chi connectivity index (χ0) is 10.3. The lowest BCUT2D eigenvalue weighted by molar-refractivity contribution is 0.411. The Morgan fingerprint density at radius 3 is 3.20 bits per heavy atom. The van der Waals surface area contributed by atoms with Crippen molar-refractivity contribution in [1.29, 1.82) is 0 Å². The van der Waals surface area contributed by atoms with Crippen LogP contribution in [0.2, 0.25) is 5.02 Å². The third kappa shape index (κ3) is 1.41. The van der Waals surface area contributed by atoms with Gasteiger partial charge in [-0.05, 0) is 24.6 Å². The predicted octanol–water partition coefficient (Wildman–Crippen LogP) is 3.50. The van der Waals surface area contributed by atoms with Gasteiger partial charge < -0.3 is 10.2 Å². The Hall–Kier alpha value is -1.41. The van der Waals surface area contributed by atoms with Gasteiger partial charge in [-0.15, -0.1) is 0 Å². The predicted molar refractivity (Wildman–Crippen MR) is 62.6 cm³/mol. The number of hydrogen-bond donors (Lipinski definition) is 1. The van der Waals surface area contributed by atoms with Crippen molar-refractivity contribution in [3.05, 3.63) is 53.5 Å². The van der Waals surface area contributed by atoms with Crippen molar-refractivity contribution < 1.29 is 0 Å². The third-order valence-electron chi connectivity index (χ3n) is 2.85. The number of nitrogens with zero attached hydrogens (tertiary/aromatic N) is 1. The summed E-state index contributed by atoms with van der Waals surface area (Å²) in [5, 5.41) is 4.06. The fourth-order valence-electron chi connectivity index (χ4n) is 2.13. The molecule has 2 nitrogen and oxygen atoms in total. The van der Waals surface area contributed by atoms with Gasteiger partial charge in [0.05, 0.1) is 6.04 Å². The summed E-state index contributed by atoms with van der Waals surface area (Å²) < 4.78 is 0. The fourth-order valence-corrected chi connectivity index (χ4v) is 2.31. The monoisotopic (exact) mass is 218 g/mol. The number of benzene rings is 1. The lowest BCUT2D eigenvalue weighted by Crippen LogP contribution is -2.12. The van der Waals surface area contributed by atoms with Crippen molar-refractivity contribution in [3.8, 4) is 0 Å². The van der Waals surface area contributed by atoms with Gasteiger partial charge in [-0.1, -0.05) is 17.7 Å². The van der Waals surface area contributed by atoms with Crippen LogP contribution in [-0.4, -0.2) is 4.90 Å². The van der Waals surface area contributed by atoms with E-state index in [2.05, 4.69) is 28.7 Å². The summed E-state index contributed by atoms with van der Waals surface area (Å²) >= 11 is 6.03. The molecule has 0 spiro atoms. The quantitative estimate of drug-likeness (QED) is 0.717. The van der Waals surface area contributed by atoms with Crippen molar-refractivity contribution in [1.82, 2.24) is 4.90 Å². The van der Waals surface area contributed by atoms with Gasteiger partial charge in [-0.3, -0.25) is 0 Å². The molecule has 76 valence electrons. The van der Waals surface area contributed by atoms with Gasteiger partial charge in [0.2, 0.25) is 0 Å². The maximum absolute atomic E-state index is 6.03. The first-order valence-electron chi connectivity index (χ1n) is 5.01. The molecule has 0 bridgehead atoms. The summed E-state index contributed by atoms with van der Waals surface area (Å²) in [5.74, 6) is 0. The van der Waals surface area contributed by atoms with Crippen LogP contribution >= 0.6 is 11.6 Å². The van der Waals surface area contributed by atoms with Crippen LogP contribution in [0, 0.1) is 0 Å². The molecule has 0 fully saturated rings. The van der Waals surface area contributed by atoms with Crippen LogP contribution in [0.4, 0.5) is 5.69 Å². The van der Waals surface area contributed by atoms with Gasteiger partial charge in [-0.25, -0.2) is 0 Å². The van der Waals surface area contributed by atoms with E-state index in [-0.39, 0.29) is 0 Å². The molecule has 0 radical (unpaired) electrons. The summed E-state index contributed by atoms with van der Waals surface area (Å²) in [6.07, 6.45) is 9.35. The van der Waals surface area contributed by atoms with Crippen molar-refractivity contribution >= 4 is 17.3 Å². The van der Waals surface area contributed by atoms with Crippen LogP contribution in [0.1, 0.15) is 18.0 Å². The molecule has 1 aromatic rings. The van der Waals surface area contributed by atoms with Crippen LogP contribution in [0.3, 0.4) is 0 Å². The maximum Gasteiger partial charge on any atom is 0.0636 e. The topological polar surface area (TPSA) is 15.3 Å². The number of halogens is 1. The number of fused-ring (bicyclic) bond motifs is 3. The highest BCUT2D eigenvalue weighted by Crippen LogP contribution is 2.37. The number of nitrogens with one attached hydrogen (secondary N) is 1. The molecule has 2 aliphatic heterocycles. The lowest BCUT2D eigenvalue weighted by Gasteiger charge is -2.21. The first-order valence-corrected chi connectivity index (χ1v) is 5.39. The van der Waals surface area contributed by atoms with Crippen LogP contribution in [0.15, 0.2) is 42.9 Å². The Labute approximate surface area is 93.8 Å². The van der Waals surface area contributed by atoms with Crippen molar-refractivity contribution in [3.63, 3.8) is 0 Å². The minimum Gasteiger partial charge on any atom is -0.360 e. The smallest absolute Gasteiger partial charge is 0.0636 e. The Morgan fingerprint density at radius 2 is 2.27 bits per heavy atom. The highest BCUT2D eigenvalue weighted by Gasteiger charge is 2.23. The van der Waals surface area contributed by atoms with Gasteiger partial charge in [0.15, 0.2) is 0 Å². The molecular weight excluding hydrogens is 208 g/mol. The molecule has 1 N–H and O–H groups in total. The molecule has 2 aliphatic rings. The van der Waals surface area contributed by atoms with Crippen LogP contribution in [0.5, 0.6) is 0 Å². The zero-order valence-corrected chi connectivity index (χ0v) is 8.91. The first kappa shape index (κ1) is 8.86. The number of anilines is 1. The van der Waals surface area contributed by atoms with Crippen molar-refractivity contribution in [2.75, 3.05) is 5.32 Å². The molecule has 1 aromatic carbocycles. The molecule has 3 heteroatoms. The van der Waals surface area contributed by atoms with E-state index in [9.17, 15) is 0 Å². The number of rotatable bonds is 0. The van der Waals surface area contributed by atoms with Crippen LogP contribution in [0.25, 0.3) is 0 Å². The lowest BCUT2D eigenvalue weighted by atomic mass is 10.0. The Balaban J connectivity index is 2.12. The van der Waals surface area contributed by atoms with E-state index in [1.54, 1.807) is 0 Å². The van der Waals surface area contributed by atoms with E-state index >= 15 is 0 Å². The van der Waals surface area contributed by atoms with Gasteiger partial charge in [0.1, 0.15) is 0 Å². The second-order valence-corrected chi connectivity index (χ2v) is 4.21. The van der Waals surface area contributed by atoms with E-state index in [1.807, 2.05) is 24.4 Å². The van der Waals surface area contributed by atoms with Crippen molar-refractivity contribution in [2.24, 2.45) is 0 Å².